The maximum Gasteiger partial charge on any atom is 0.405 e. The molecule has 0 saturated carbocycles. The zero-order chi connectivity index (χ0) is 23.0. The molecule has 0 spiro atoms. The zero-order valence-electron chi connectivity index (χ0n) is 16.3. The highest BCUT2D eigenvalue weighted by Crippen LogP contribution is 2.31. The summed E-state index contributed by atoms with van der Waals surface area (Å²) >= 11 is 6.02. The number of aromatic carboxylic acids is 1. The third-order valence-corrected chi connectivity index (χ3v) is 5.19. The molecule has 1 fully saturated rings. The summed E-state index contributed by atoms with van der Waals surface area (Å²) in [5.41, 5.74) is 0.605. The Hall–Kier alpha value is -3.41. The Bertz CT molecular complexity index is 1200. The van der Waals surface area contributed by atoms with Crippen LogP contribution in [-0.2, 0) is 4.79 Å². The van der Waals surface area contributed by atoms with Gasteiger partial charge in [0.2, 0.25) is 5.91 Å². The van der Waals surface area contributed by atoms with Crippen molar-refractivity contribution < 1.29 is 27.9 Å². The zero-order valence-corrected chi connectivity index (χ0v) is 17.0. The van der Waals surface area contributed by atoms with Crippen LogP contribution in [-0.4, -0.2) is 62.2 Å². The van der Waals surface area contributed by atoms with Gasteiger partial charge in [-0.3, -0.25) is 4.79 Å². The minimum atomic E-state index is -4.54. The molecule has 32 heavy (non-hydrogen) atoms. The second-order valence-electron chi connectivity index (χ2n) is 7.18. The van der Waals surface area contributed by atoms with E-state index >= 15 is 0 Å². The molecule has 0 radical (unpaired) electrons. The lowest BCUT2D eigenvalue weighted by atomic mass is 10.2. The Balaban J connectivity index is 1.72. The molecule has 4 heterocycles. The summed E-state index contributed by atoms with van der Waals surface area (Å²) in [6.45, 7) is -1.13. The predicted molar refractivity (Wildman–Crippen MR) is 109 cm³/mol. The van der Waals surface area contributed by atoms with Crippen molar-refractivity contribution in [3.8, 4) is 11.4 Å². The van der Waals surface area contributed by atoms with E-state index in [9.17, 15) is 27.9 Å². The summed E-state index contributed by atoms with van der Waals surface area (Å²) < 4.78 is 37.5. The van der Waals surface area contributed by atoms with Crippen LogP contribution in [0.3, 0.4) is 0 Å². The lowest BCUT2D eigenvalue weighted by Gasteiger charge is -2.25. The van der Waals surface area contributed by atoms with Gasteiger partial charge in [-0.2, -0.15) is 13.2 Å². The van der Waals surface area contributed by atoms with Gasteiger partial charge >= 0.3 is 12.1 Å². The second kappa shape index (κ2) is 8.26. The molecule has 1 saturated heterocycles. The molecule has 3 N–H and O–H groups in total. The van der Waals surface area contributed by atoms with Gasteiger partial charge in [-0.25, -0.2) is 19.7 Å². The fourth-order valence-electron chi connectivity index (χ4n) is 3.59. The Morgan fingerprint density at radius 2 is 2.09 bits per heavy atom. The van der Waals surface area contributed by atoms with Crippen LogP contribution in [0, 0.1) is 0 Å². The minimum Gasteiger partial charge on any atom is -0.477 e. The number of H-pyrrole nitrogens is 1. The third-order valence-electron chi connectivity index (χ3n) is 4.98. The number of carboxylic acids is 1. The SMILES string of the molecule is O=C(O)c1cc(N2CCC[C@@H]2C(=O)NCC(F)(F)F)nc(-c2c[nH]c3ncc(Cl)cc23)n1. The van der Waals surface area contributed by atoms with E-state index < -0.39 is 30.6 Å². The van der Waals surface area contributed by atoms with Crippen LogP contribution < -0.4 is 10.2 Å². The van der Waals surface area contributed by atoms with Crippen molar-refractivity contribution in [3.05, 3.63) is 35.2 Å². The summed E-state index contributed by atoms with van der Waals surface area (Å²) in [7, 11) is 0. The van der Waals surface area contributed by atoms with Crippen LogP contribution in [0.5, 0.6) is 0 Å². The van der Waals surface area contributed by atoms with E-state index in [0.29, 0.717) is 41.0 Å². The lowest BCUT2D eigenvalue weighted by Crippen LogP contribution is -2.46. The van der Waals surface area contributed by atoms with Crippen molar-refractivity contribution >= 4 is 40.3 Å². The van der Waals surface area contributed by atoms with Crippen molar-refractivity contribution in [1.29, 1.82) is 0 Å². The molecule has 0 bridgehead atoms. The van der Waals surface area contributed by atoms with Crippen LogP contribution in [0.4, 0.5) is 19.0 Å². The number of carbonyl (C=O) groups excluding carboxylic acids is 1. The van der Waals surface area contributed by atoms with E-state index in [-0.39, 0.29) is 17.3 Å². The van der Waals surface area contributed by atoms with Crippen molar-refractivity contribution in [2.24, 2.45) is 0 Å². The van der Waals surface area contributed by atoms with Gasteiger partial charge < -0.3 is 20.3 Å². The van der Waals surface area contributed by atoms with Gasteiger partial charge in [-0.1, -0.05) is 11.6 Å². The first-order valence-electron chi connectivity index (χ1n) is 9.49. The number of aromatic nitrogens is 4. The molecule has 0 aromatic carbocycles. The highest BCUT2D eigenvalue weighted by molar-refractivity contribution is 6.31. The lowest BCUT2D eigenvalue weighted by molar-refractivity contribution is -0.139. The monoisotopic (exact) mass is 468 g/mol. The normalized spacial score (nSPS) is 16.5. The smallest absolute Gasteiger partial charge is 0.405 e. The van der Waals surface area contributed by atoms with E-state index in [0.717, 1.165) is 0 Å². The van der Waals surface area contributed by atoms with Crippen LogP contribution in [0.25, 0.3) is 22.4 Å². The van der Waals surface area contributed by atoms with Gasteiger partial charge in [0.25, 0.3) is 0 Å². The number of amides is 1. The maximum absolute atomic E-state index is 12.5. The first-order valence-corrected chi connectivity index (χ1v) is 9.86. The molecule has 1 aliphatic heterocycles. The van der Waals surface area contributed by atoms with Gasteiger partial charge in [-0.15, -0.1) is 0 Å². The van der Waals surface area contributed by atoms with Crippen molar-refractivity contribution in [2.75, 3.05) is 18.0 Å². The van der Waals surface area contributed by atoms with E-state index in [1.54, 1.807) is 12.3 Å². The number of carboxylic acid groups (broad SMARTS) is 1. The van der Waals surface area contributed by atoms with Gasteiger partial charge in [0.05, 0.1) is 5.02 Å². The first-order chi connectivity index (χ1) is 15.1. The average Bonchev–Trinajstić information content (AvgIpc) is 3.38. The van der Waals surface area contributed by atoms with E-state index in [2.05, 4.69) is 19.9 Å². The number of aromatic amines is 1. The molecule has 1 atom stereocenters. The van der Waals surface area contributed by atoms with Gasteiger partial charge in [0.15, 0.2) is 11.5 Å². The number of alkyl halides is 3. The number of hydrogen-bond donors (Lipinski definition) is 3. The molecule has 0 aliphatic carbocycles. The number of anilines is 1. The molecular formula is C19H16ClF3N6O3. The van der Waals surface area contributed by atoms with Crippen LogP contribution >= 0.6 is 11.6 Å². The summed E-state index contributed by atoms with van der Waals surface area (Å²) in [5, 5.41) is 12.3. The molecule has 168 valence electrons. The molecule has 4 rings (SSSR count). The molecule has 3 aromatic heterocycles. The van der Waals surface area contributed by atoms with Gasteiger partial charge in [0, 0.05) is 36.0 Å². The number of nitrogens with one attached hydrogen (secondary N) is 2. The molecule has 1 aliphatic rings. The standard InChI is InChI=1S/C19H16ClF3N6O3/c20-9-4-10-11(7-25-15(10)24-6-9)16-27-12(18(31)32)5-14(28-16)29-3-1-2-13(29)17(30)26-8-19(21,22)23/h4-7,13H,1-3,8H2,(H,24,25)(H,26,30)(H,31,32)/t13-/m1/s1. The van der Waals surface area contributed by atoms with Crippen molar-refractivity contribution in [3.63, 3.8) is 0 Å². The third kappa shape index (κ3) is 4.44. The van der Waals surface area contributed by atoms with Crippen LogP contribution in [0.1, 0.15) is 23.3 Å². The number of pyridine rings is 1. The van der Waals surface area contributed by atoms with Crippen LogP contribution in [0.15, 0.2) is 24.5 Å². The number of halogens is 4. The fourth-order valence-corrected chi connectivity index (χ4v) is 3.75. The summed E-state index contributed by atoms with van der Waals surface area (Å²) in [5.74, 6) is -1.94. The quantitative estimate of drug-likeness (QED) is 0.525. The van der Waals surface area contributed by atoms with E-state index in [1.807, 2.05) is 5.32 Å². The number of rotatable bonds is 5. The van der Waals surface area contributed by atoms with Crippen LogP contribution in [0.2, 0.25) is 5.02 Å². The number of nitrogens with zero attached hydrogens (tertiary/aromatic N) is 4. The number of hydrogen-bond acceptors (Lipinski definition) is 6. The topological polar surface area (TPSA) is 124 Å². The number of fused-ring (bicyclic) bond motifs is 1. The summed E-state index contributed by atoms with van der Waals surface area (Å²) in [6, 6.07) is 1.90. The number of carbonyl (C=O) groups is 2. The maximum atomic E-state index is 12.5. The highest BCUT2D eigenvalue weighted by Gasteiger charge is 2.35. The highest BCUT2D eigenvalue weighted by atomic mass is 35.5. The Morgan fingerprint density at radius 1 is 1.31 bits per heavy atom. The Morgan fingerprint density at radius 3 is 2.81 bits per heavy atom. The molecule has 0 unspecified atom stereocenters. The molecule has 9 nitrogen and oxygen atoms in total. The van der Waals surface area contributed by atoms with E-state index in [4.69, 9.17) is 11.6 Å². The fraction of sp³-hybridized carbons (Fsp3) is 0.316. The van der Waals surface area contributed by atoms with Crippen molar-refractivity contribution in [2.45, 2.75) is 25.1 Å². The average molecular weight is 469 g/mol. The molecular weight excluding hydrogens is 453 g/mol. The van der Waals surface area contributed by atoms with Gasteiger partial charge in [-0.05, 0) is 18.9 Å². The second-order valence-corrected chi connectivity index (χ2v) is 7.61. The largest absolute Gasteiger partial charge is 0.477 e. The van der Waals surface area contributed by atoms with Crippen molar-refractivity contribution in [1.82, 2.24) is 25.3 Å². The molecule has 1 amide bonds. The van der Waals surface area contributed by atoms with Gasteiger partial charge in [0.1, 0.15) is 24.1 Å². The minimum absolute atomic E-state index is 0.0524. The Kier molecular flexibility index (Phi) is 5.63. The predicted octanol–water partition coefficient (Wildman–Crippen LogP) is 3.02. The summed E-state index contributed by atoms with van der Waals surface area (Å²) in [6.07, 6.45) is -0.715. The first kappa shape index (κ1) is 21.8. The summed E-state index contributed by atoms with van der Waals surface area (Å²) in [4.78, 5) is 41.1. The Labute approximate surface area is 183 Å². The molecule has 3 aromatic rings. The van der Waals surface area contributed by atoms with E-state index in [1.165, 1.54) is 17.2 Å². The molecule has 13 heteroatoms.